The van der Waals surface area contributed by atoms with Crippen LogP contribution in [0.1, 0.15) is 29.9 Å². The molecule has 0 amide bonds. The molecule has 17 heavy (non-hydrogen) atoms. The second-order valence-corrected chi connectivity index (χ2v) is 4.55. The molecule has 1 unspecified atom stereocenters. The molecule has 2 rings (SSSR count). The number of hydrogen-bond donors (Lipinski definition) is 0. The van der Waals surface area contributed by atoms with Gasteiger partial charge in [-0.05, 0) is 37.0 Å². The lowest BCUT2D eigenvalue weighted by Gasteiger charge is -2.09. The minimum atomic E-state index is -0.186. The fraction of sp³-hybridized carbons (Fsp3) is 0.357. The lowest BCUT2D eigenvalue weighted by Crippen LogP contribution is -1.99. The van der Waals surface area contributed by atoms with Crippen LogP contribution in [0.25, 0.3) is 0 Å². The van der Waals surface area contributed by atoms with Crippen LogP contribution in [0, 0.1) is 12.7 Å². The van der Waals surface area contributed by atoms with E-state index in [0.29, 0.717) is 5.92 Å². The molecular formula is C14H17FN2. The number of aromatic nitrogens is 2. The van der Waals surface area contributed by atoms with Gasteiger partial charge >= 0.3 is 0 Å². The average molecular weight is 232 g/mol. The summed E-state index contributed by atoms with van der Waals surface area (Å²) in [4.78, 5) is 4.48. The van der Waals surface area contributed by atoms with Crippen LogP contribution in [0.3, 0.4) is 0 Å². The van der Waals surface area contributed by atoms with E-state index in [4.69, 9.17) is 0 Å². The Morgan fingerprint density at radius 1 is 1.29 bits per heavy atom. The monoisotopic (exact) mass is 232 g/mol. The van der Waals surface area contributed by atoms with Crippen molar-refractivity contribution >= 4 is 0 Å². The van der Waals surface area contributed by atoms with Gasteiger partial charge in [0.1, 0.15) is 11.6 Å². The van der Waals surface area contributed by atoms with Crippen molar-refractivity contribution in [3.05, 3.63) is 53.4 Å². The lowest BCUT2D eigenvalue weighted by atomic mass is 9.96. The van der Waals surface area contributed by atoms with Crippen molar-refractivity contribution in [2.24, 2.45) is 7.05 Å². The largest absolute Gasteiger partial charge is 0.338 e. The number of nitrogens with zero attached hydrogens (tertiary/aromatic N) is 2. The molecule has 2 nitrogen and oxygen atoms in total. The zero-order valence-electron chi connectivity index (χ0n) is 10.4. The number of hydrogen-bond acceptors (Lipinski definition) is 1. The van der Waals surface area contributed by atoms with Crippen molar-refractivity contribution in [3.63, 3.8) is 0 Å². The first kappa shape index (κ1) is 11.8. The first-order valence-corrected chi connectivity index (χ1v) is 5.80. The maximum Gasteiger partial charge on any atom is 0.123 e. The molecule has 1 heterocycles. The van der Waals surface area contributed by atoms with Crippen molar-refractivity contribution in [1.82, 2.24) is 9.55 Å². The van der Waals surface area contributed by atoms with Crippen LogP contribution in [0.2, 0.25) is 0 Å². The Hall–Kier alpha value is -1.64. The molecule has 0 fully saturated rings. The second-order valence-electron chi connectivity index (χ2n) is 4.55. The number of imidazole rings is 1. The van der Waals surface area contributed by atoms with Crippen LogP contribution < -0.4 is 0 Å². The molecule has 0 spiro atoms. The van der Waals surface area contributed by atoms with E-state index in [1.165, 1.54) is 12.1 Å². The van der Waals surface area contributed by atoms with Crippen LogP contribution >= 0.6 is 0 Å². The van der Waals surface area contributed by atoms with Gasteiger partial charge < -0.3 is 4.57 Å². The first-order valence-electron chi connectivity index (χ1n) is 5.80. The minimum absolute atomic E-state index is 0.186. The summed E-state index contributed by atoms with van der Waals surface area (Å²) in [5.41, 5.74) is 2.23. The summed E-state index contributed by atoms with van der Waals surface area (Å²) in [6, 6.07) is 6.70. The normalized spacial score (nSPS) is 12.7. The van der Waals surface area contributed by atoms with Crippen LogP contribution in [-0.2, 0) is 13.5 Å². The summed E-state index contributed by atoms with van der Waals surface area (Å²) >= 11 is 0. The van der Waals surface area contributed by atoms with E-state index in [1.807, 2.05) is 30.7 Å². The number of halogens is 1. The SMILES string of the molecule is Cc1nc(CC(C)c2ccc(F)cc2)cn1C. The molecule has 2 aromatic rings. The van der Waals surface area contributed by atoms with Crippen molar-refractivity contribution in [2.75, 3.05) is 0 Å². The van der Waals surface area contributed by atoms with Gasteiger partial charge in [-0.15, -0.1) is 0 Å². The zero-order chi connectivity index (χ0) is 12.4. The Morgan fingerprint density at radius 2 is 1.94 bits per heavy atom. The van der Waals surface area contributed by atoms with Crippen LogP contribution in [0.15, 0.2) is 30.5 Å². The van der Waals surface area contributed by atoms with E-state index >= 15 is 0 Å². The third-order valence-electron chi connectivity index (χ3n) is 3.11. The quantitative estimate of drug-likeness (QED) is 0.794. The number of rotatable bonds is 3. The molecule has 0 bridgehead atoms. The van der Waals surface area contributed by atoms with Crippen LogP contribution in [-0.4, -0.2) is 9.55 Å². The van der Waals surface area contributed by atoms with Gasteiger partial charge in [-0.1, -0.05) is 19.1 Å². The predicted molar refractivity (Wildman–Crippen MR) is 66.5 cm³/mol. The topological polar surface area (TPSA) is 17.8 Å². The highest BCUT2D eigenvalue weighted by Crippen LogP contribution is 2.20. The molecule has 0 aliphatic carbocycles. The van der Waals surface area contributed by atoms with Gasteiger partial charge in [0.25, 0.3) is 0 Å². The summed E-state index contributed by atoms with van der Waals surface area (Å²) in [5, 5.41) is 0. The Kier molecular flexibility index (Phi) is 3.27. The third-order valence-corrected chi connectivity index (χ3v) is 3.11. The van der Waals surface area contributed by atoms with Crippen LogP contribution in [0.5, 0.6) is 0 Å². The summed E-state index contributed by atoms with van der Waals surface area (Å²) in [6.45, 7) is 4.13. The van der Waals surface area contributed by atoms with Crippen molar-refractivity contribution in [2.45, 2.75) is 26.2 Å². The molecule has 1 aromatic heterocycles. The van der Waals surface area contributed by atoms with Gasteiger partial charge in [-0.2, -0.15) is 0 Å². The van der Waals surface area contributed by atoms with Crippen LogP contribution in [0.4, 0.5) is 4.39 Å². The van der Waals surface area contributed by atoms with E-state index in [1.54, 1.807) is 0 Å². The first-order chi connectivity index (χ1) is 8.06. The molecule has 0 N–H and O–H groups in total. The van der Waals surface area contributed by atoms with E-state index in [9.17, 15) is 4.39 Å². The molecule has 3 heteroatoms. The summed E-state index contributed by atoms with van der Waals surface area (Å²) in [6.07, 6.45) is 2.93. The van der Waals surface area contributed by atoms with Gasteiger partial charge in [0.15, 0.2) is 0 Å². The predicted octanol–water partition coefficient (Wildman–Crippen LogP) is 3.21. The second kappa shape index (κ2) is 4.70. The van der Waals surface area contributed by atoms with Gasteiger partial charge in [0.2, 0.25) is 0 Å². The van der Waals surface area contributed by atoms with Crippen molar-refractivity contribution in [3.8, 4) is 0 Å². The Morgan fingerprint density at radius 3 is 2.47 bits per heavy atom. The molecule has 1 aromatic carbocycles. The zero-order valence-corrected chi connectivity index (χ0v) is 10.4. The average Bonchev–Trinajstić information content (AvgIpc) is 2.58. The molecule has 90 valence electrons. The maximum absolute atomic E-state index is 12.8. The lowest BCUT2D eigenvalue weighted by molar-refractivity contribution is 0.625. The Balaban J connectivity index is 2.11. The molecule has 1 atom stereocenters. The summed E-state index contributed by atoms with van der Waals surface area (Å²) in [7, 11) is 1.99. The van der Waals surface area contributed by atoms with E-state index < -0.39 is 0 Å². The standard InChI is InChI=1S/C14H17FN2/c1-10(12-4-6-13(15)7-5-12)8-14-9-17(3)11(2)16-14/h4-7,9-10H,8H2,1-3H3. The van der Waals surface area contributed by atoms with E-state index in [2.05, 4.69) is 18.1 Å². The van der Waals surface area contributed by atoms with Gasteiger partial charge in [-0.25, -0.2) is 9.37 Å². The fourth-order valence-corrected chi connectivity index (χ4v) is 1.95. The molecule has 0 saturated heterocycles. The van der Waals surface area contributed by atoms with E-state index in [0.717, 1.165) is 23.5 Å². The molecule has 0 aliphatic rings. The number of aryl methyl sites for hydroxylation is 2. The summed E-state index contributed by atoms with van der Waals surface area (Å²) in [5.74, 6) is 1.19. The van der Waals surface area contributed by atoms with Crippen molar-refractivity contribution < 1.29 is 4.39 Å². The third kappa shape index (κ3) is 2.73. The Labute approximate surface area is 101 Å². The van der Waals surface area contributed by atoms with Gasteiger partial charge in [0.05, 0.1) is 5.69 Å². The molecule has 0 aliphatic heterocycles. The highest BCUT2D eigenvalue weighted by Gasteiger charge is 2.09. The minimum Gasteiger partial charge on any atom is -0.338 e. The molecular weight excluding hydrogens is 215 g/mol. The Bertz CT molecular complexity index is 480. The summed E-state index contributed by atoms with van der Waals surface area (Å²) < 4.78 is 14.8. The van der Waals surface area contributed by atoms with Gasteiger partial charge in [-0.3, -0.25) is 0 Å². The number of benzene rings is 1. The maximum atomic E-state index is 12.8. The highest BCUT2D eigenvalue weighted by molar-refractivity contribution is 5.21. The van der Waals surface area contributed by atoms with Gasteiger partial charge in [0, 0.05) is 13.2 Å². The smallest absolute Gasteiger partial charge is 0.123 e. The molecule has 0 saturated carbocycles. The van der Waals surface area contributed by atoms with E-state index in [-0.39, 0.29) is 5.82 Å². The molecule has 0 radical (unpaired) electrons. The van der Waals surface area contributed by atoms with Crippen molar-refractivity contribution in [1.29, 1.82) is 0 Å². The fourth-order valence-electron chi connectivity index (χ4n) is 1.95. The highest BCUT2D eigenvalue weighted by atomic mass is 19.1.